The topological polar surface area (TPSA) is 75.7 Å². The molecule has 0 radical (unpaired) electrons. The Labute approximate surface area is 139 Å². The molecule has 1 aromatic rings. The Morgan fingerprint density at radius 3 is 2.65 bits per heavy atom. The Balaban J connectivity index is 1.73. The summed E-state index contributed by atoms with van der Waals surface area (Å²) in [7, 11) is 0. The Kier molecular flexibility index (Phi) is 6.40. The summed E-state index contributed by atoms with van der Waals surface area (Å²) in [6.07, 6.45) is 3.19. The molecule has 0 bridgehead atoms. The second kappa shape index (κ2) is 8.53. The summed E-state index contributed by atoms with van der Waals surface area (Å²) in [4.78, 5) is 36.7. The smallest absolute Gasteiger partial charge is 0.326 e. The third-order valence-corrected chi connectivity index (χ3v) is 3.74. The normalized spacial score (nSPS) is 15.0. The van der Waals surface area contributed by atoms with Crippen LogP contribution in [0.3, 0.4) is 0 Å². The lowest BCUT2D eigenvalue weighted by Crippen LogP contribution is -2.36. The molecule has 0 atom stereocenters. The highest BCUT2D eigenvalue weighted by Gasteiger charge is 2.20. The number of carbonyl (C=O) groups excluding carboxylic acids is 3. The molecule has 0 saturated carbocycles. The molecule has 7 heteroatoms. The minimum absolute atomic E-state index is 0.0370. The lowest BCUT2D eigenvalue weighted by Gasteiger charge is -2.19. The first-order chi connectivity index (χ1) is 11.0. The van der Waals surface area contributed by atoms with Crippen molar-refractivity contribution in [2.45, 2.75) is 25.7 Å². The zero-order chi connectivity index (χ0) is 16.7. The van der Waals surface area contributed by atoms with Crippen LogP contribution >= 0.6 is 11.6 Å². The van der Waals surface area contributed by atoms with Crippen LogP contribution in [0, 0.1) is 0 Å². The zero-order valence-electron chi connectivity index (χ0n) is 12.7. The summed E-state index contributed by atoms with van der Waals surface area (Å²) in [5.74, 6) is -1.06. The van der Waals surface area contributed by atoms with Crippen molar-refractivity contribution in [1.29, 1.82) is 0 Å². The van der Waals surface area contributed by atoms with Crippen LogP contribution in [0.2, 0.25) is 5.02 Å². The highest BCUT2D eigenvalue weighted by atomic mass is 35.5. The van der Waals surface area contributed by atoms with E-state index in [9.17, 15) is 14.4 Å². The van der Waals surface area contributed by atoms with Crippen LogP contribution in [0.25, 0.3) is 0 Å². The van der Waals surface area contributed by atoms with E-state index in [2.05, 4.69) is 5.32 Å². The summed E-state index contributed by atoms with van der Waals surface area (Å²) in [6.45, 7) is 0.0709. The quantitative estimate of drug-likeness (QED) is 0.835. The van der Waals surface area contributed by atoms with Crippen LogP contribution in [0.1, 0.15) is 25.7 Å². The first-order valence-electron chi connectivity index (χ1n) is 7.53. The van der Waals surface area contributed by atoms with Gasteiger partial charge in [0, 0.05) is 23.7 Å². The van der Waals surface area contributed by atoms with Gasteiger partial charge in [0.15, 0.2) is 6.61 Å². The molecule has 2 amide bonds. The van der Waals surface area contributed by atoms with Gasteiger partial charge in [-0.05, 0) is 37.1 Å². The van der Waals surface area contributed by atoms with Gasteiger partial charge in [-0.15, -0.1) is 0 Å². The number of nitrogens with one attached hydrogen (secondary N) is 1. The van der Waals surface area contributed by atoms with Crippen LogP contribution in [-0.4, -0.2) is 42.4 Å². The maximum atomic E-state index is 11.8. The molecule has 1 aromatic carbocycles. The van der Waals surface area contributed by atoms with Gasteiger partial charge < -0.3 is 15.0 Å². The van der Waals surface area contributed by atoms with E-state index >= 15 is 0 Å². The molecule has 1 aliphatic rings. The third-order valence-electron chi connectivity index (χ3n) is 3.48. The Morgan fingerprint density at radius 2 is 1.91 bits per heavy atom. The van der Waals surface area contributed by atoms with E-state index < -0.39 is 11.9 Å². The highest BCUT2D eigenvalue weighted by Crippen LogP contribution is 2.13. The van der Waals surface area contributed by atoms with Crippen molar-refractivity contribution >= 4 is 35.1 Å². The van der Waals surface area contributed by atoms with Crippen molar-refractivity contribution in [2.24, 2.45) is 0 Å². The van der Waals surface area contributed by atoms with Gasteiger partial charge in [-0.25, -0.2) is 0 Å². The average molecular weight is 339 g/mol. The van der Waals surface area contributed by atoms with Crippen LogP contribution in [0.5, 0.6) is 0 Å². The van der Waals surface area contributed by atoms with Crippen LogP contribution in [0.15, 0.2) is 24.3 Å². The second-order valence-electron chi connectivity index (χ2n) is 5.34. The average Bonchev–Trinajstić information content (AvgIpc) is 2.73. The van der Waals surface area contributed by atoms with Crippen molar-refractivity contribution in [3.8, 4) is 0 Å². The molecule has 1 fully saturated rings. The number of anilines is 1. The summed E-state index contributed by atoms with van der Waals surface area (Å²) in [5, 5.41) is 3.16. The third kappa shape index (κ3) is 5.90. The molecule has 0 spiro atoms. The molecule has 0 aromatic heterocycles. The van der Waals surface area contributed by atoms with E-state index in [1.165, 1.54) is 4.90 Å². The van der Waals surface area contributed by atoms with Gasteiger partial charge in [0.1, 0.15) is 6.54 Å². The fourth-order valence-corrected chi connectivity index (χ4v) is 2.41. The van der Waals surface area contributed by atoms with Gasteiger partial charge in [0.25, 0.3) is 5.91 Å². The van der Waals surface area contributed by atoms with Crippen LogP contribution < -0.4 is 5.32 Å². The molecule has 1 heterocycles. The molecule has 1 saturated heterocycles. The van der Waals surface area contributed by atoms with E-state index in [0.29, 0.717) is 23.7 Å². The largest absolute Gasteiger partial charge is 0.454 e. The summed E-state index contributed by atoms with van der Waals surface area (Å²) in [5.41, 5.74) is 0.568. The van der Waals surface area contributed by atoms with Crippen LogP contribution in [0.4, 0.5) is 5.69 Å². The lowest BCUT2D eigenvalue weighted by molar-refractivity contribution is -0.151. The number of esters is 1. The van der Waals surface area contributed by atoms with Gasteiger partial charge in [-0.2, -0.15) is 0 Å². The predicted octanol–water partition coefficient (Wildman–Crippen LogP) is 2.22. The first-order valence-corrected chi connectivity index (χ1v) is 7.91. The summed E-state index contributed by atoms with van der Waals surface area (Å²) in [6, 6.07) is 6.60. The van der Waals surface area contributed by atoms with Gasteiger partial charge in [0.2, 0.25) is 5.91 Å². The lowest BCUT2D eigenvalue weighted by atomic mass is 10.2. The Morgan fingerprint density at radius 1 is 1.17 bits per heavy atom. The SMILES string of the molecule is O=C(COC(=O)CN1CCCCCC1=O)Nc1ccc(Cl)cc1. The Bertz CT molecular complexity index is 574. The van der Waals surface area contributed by atoms with E-state index in [1.54, 1.807) is 24.3 Å². The number of amides is 2. The molecular weight excluding hydrogens is 320 g/mol. The molecule has 2 rings (SSSR count). The van der Waals surface area contributed by atoms with Crippen molar-refractivity contribution < 1.29 is 19.1 Å². The number of hydrogen-bond donors (Lipinski definition) is 1. The van der Waals surface area contributed by atoms with E-state index in [-0.39, 0.29) is 19.1 Å². The van der Waals surface area contributed by atoms with Gasteiger partial charge in [-0.3, -0.25) is 14.4 Å². The number of hydrogen-bond acceptors (Lipinski definition) is 4. The van der Waals surface area contributed by atoms with Gasteiger partial charge in [-0.1, -0.05) is 18.0 Å². The minimum Gasteiger partial charge on any atom is -0.454 e. The fourth-order valence-electron chi connectivity index (χ4n) is 2.28. The Hall–Kier alpha value is -2.08. The summed E-state index contributed by atoms with van der Waals surface area (Å²) < 4.78 is 4.92. The number of halogens is 1. The maximum Gasteiger partial charge on any atom is 0.326 e. The highest BCUT2D eigenvalue weighted by molar-refractivity contribution is 6.30. The molecule has 6 nitrogen and oxygen atoms in total. The van der Waals surface area contributed by atoms with Gasteiger partial charge in [0.05, 0.1) is 0 Å². The molecule has 1 aliphatic heterocycles. The fraction of sp³-hybridized carbons (Fsp3) is 0.438. The number of ether oxygens (including phenoxy) is 1. The van der Waals surface area contributed by atoms with Crippen molar-refractivity contribution in [3.05, 3.63) is 29.3 Å². The number of rotatable bonds is 5. The van der Waals surface area contributed by atoms with Crippen molar-refractivity contribution in [3.63, 3.8) is 0 Å². The van der Waals surface area contributed by atoms with Gasteiger partial charge >= 0.3 is 5.97 Å². The molecule has 1 N–H and O–H groups in total. The van der Waals surface area contributed by atoms with E-state index in [0.717, 1.165) is 19.3 Å². The van der Waals surface area contributed by atoms with E-state index in [1.807, 2.05) is 0 Å². The number of benzene rings is 1. The molecule has 23 heavy (non-hydrogen) atoms. The number of likely N-dealkylation sites (tertiary alicyclic amines) is 1. The zero-order valence-corrected chi connectivity index (χ0v) is 13.5. The molecule has 0 aliphatic carbocycles. The maximum absolute atomic E-state index is 11.8. The number of carbonyl (C=O) groups is 3. The molecule has 124 valence electrons. The second-order valence-corrected chi connectivity index (χ2v) is 5.78. The van der Waals surface area contributed by atoms with Crippen molar-refractivity contribution in [2.75, 3.05) is 25.0 Å². The van der Waals surface area contributed by atoms with Crippen LogP contribution in [-0.2, 0) is 19.1 Å². The van der Waals surface area contributed by atoms with Crippen molar-refractivity contribution in [1.82, 2.24) is 4.90 Å². The number of nitrogens with zero attached hydrogens (tertiary/aromatic N) is 1. The molecule has 0 unspecified atom stereocenters. The minimum atomic E-state index is -0.577. The van der Waals surface area contributed by atoms with E-state index in [4.69, 9.17) is 16.3 Å². The molecular formula is C16H19ClN2O4. The first kappa shape index (κ1) is 17.3. The standard InChI is InChI=1S/C16H19ClN2O4/c17-12-5-7-13(8-6-12)18-14(20)11-23-16(22)10-19-9-3-1-2-4-15(19)21/h5-8H,1-4,9-11H2,(H,18,20). The summed E-state index contributed by atoms with van der Waals surface area (Å²) >= 11 is 5.75. The predicted molar refractivity (Wildman–Crippen MR) is 86.1 cm³/mol. The monoisotopic (exact) mass is 338 g/mol.